The van der Waals surface area contributed by atoms with Gasteiger partial charge in [0.15, 0.2) is 0 Å². The molecular formula is C32H70KO5P. The van der Waals surface area contributed by atoms with Gasteiger partial charge >= 0.3 is 59.2 Å². The van der Waals surface area contributed by atoms with Gasteiger partial charge in [-0.05, 0) is 12.8 Å². The second kappa shape index (κ2) is 39.7. The number of rotatable bonds is 30. The molecule has 0 amide bonds. The van der Waals surface area contributed by atoms with E-state index in [2.05, 4.69) is 13.8 Å². The normalized spacial score (nSPS) is 11.2. The van der Waals surface area contributed by atoms with Crippen molar-refractivity contribution in [2.24, 2.45) is 0 Å². The van der Waals surface area contributed by atoms with Crippen LogP contribution in [0.25, 0.3) is 0 Å². The molecule has 3 N–H and O–H groups in total. The van der Waals surface area contributed by atoms with Crippen molar-refractivity contribution < 1.29 is 24.0 Å². The fourth-order valence-electron chi connectivity index (χ4n) is 4.90. The van der Waals surface area contributed by atoms with Crippen LogP contribution >= 0.6 is 7.82 Å². The van der Waals surface area contributed by atoms with Gasteiger partial charge in [0.2, 0.25) is 0 Å². The van der Waals surface area contributed by atoms with Crippen molar-refractivity contribution in [1.82, 2.24) is 0 Å². The summed E-state index contributed by atoms with van der Waals surface area (Å²) in [6.45, 7) is 6.59. The van der Waals surface area contributed by atoms with Crippen molar-refractivity contribution >= 4 is 59.2 Å². The Kier molecular flexibility index (Phi) is 46.0. The monoisotopic (exact) mass is 604 g/mol. The number of hydrogen-bond donors (Lipinski definition) is 3. The summed E-state index contributed by atoms with van der Waals surface area (Å²) in [7, 11) is -4.64. The fraction of sp³-hybridized carbons (Fsp3) is 1.00. The Balaban J connectivity index is -0.00000196. The Morgan fingerprint density at radius 1 is 0.385 bits per heavy atom. The third-order valence-electron chi connectivity index (χ3n) is 7.28. The molecule has 234 valence electrons. The number of phosphoric acid groups is 1. The minimum atomic E-state index is -4.64. The van der Waals surface area contributed by atoms with Crippen molar-refractivity contribution in [3.63, 3.8) is 0 Å². The first-order valence-corrected chi connectivity index (χ1v) is 18.3. The predicted molar refractivity (Wildman–Crippen MR) is 173 cm³/mol. The molecule has 0 unspecified atom stereocenters. The molecule has 5 nitrogen and oxygen atoms in total. The van der Waals surface area contributed by atoms with E-state index in [0.717, 1.165) is 13.2 Å². The van der Waals surface area contributed by atoms with Crippen LogP contribution in [0.4, 0.5) is 0 Å². The van der Waals surface area contributed by atoms with E-state index in [4.69, 9.17) is 24.0 Å². The van der Waals surface area contributed by atoms with Gasteiger partial charge in [-0.3, -0.25) is 0 Å². The quantitative estimate of drug-likeness (QED) is 0.0431. The fourth-order valence-corrected chi connectivity index (χ4v) is 4.90. The van der Waals surface area contributed by atoms with E-state index < -0.39 is 7.82 Å². The molecule has 0 aromatic carbocycles. The molecule has 0 atom stereocenters. The van der Waals surface area contributed by atoms with Crippen LogP contribution in [0.1, 0.15) is 194 Å². The van der Waals surface area contributed by atoms with Crippen LogP contribution in [0.5, 0.6) is 0 Å². The first-order chi connectivity index (χ1) is 18.4. The van der Waals surface area contributed by atoms with Crippen LogP contribution < -0.4 is 0 Å². The molecule has 0 heterocycles. The predicted octanol–water partition coefficient (Wildman–Crippen LogP) is 10.4. The molecular weight excluding hydrogens is 534 g/mol. The average Bonchev–Trinajstić information content (AvgIpc) is 2.87. The molecule has 39 heavy (non-hydrogen) atoms. The Morgan fingerprint density at radius 3 is 0.718 bits per heavy atom. The zero-order valence-electron chi connectivity index (χ0n) is 25.8. The second-order valence-electron chi connectivity index (χ2n) is 11.3. The van der Waals surface area contributed by atoms with E-state index in [9.17, 15) is 0 Å². The maximum atomic E-state index is 8.88. The standard InChI is InChI=1S/C32H66O.K.H3O4P.H/c1-3-5-7-9-11-13-15-17-19-21-23-25-27-29-31-33-32-30-28-26-24-22-20-18-16-14-12-10-8-6-4-2;;1-5(2,3)4;/h3-32H2,1-2H3;;(H3,1,2,3,4);. The summed E-state index contributed by atoms with van der Waals surface area (Å²) in [5.74, 6) is 0. The molecule has 0 aromatic heterocycles. The topological polar surface area (TPSA) is 87.0 Å². The Hall–Kier alpha value is 1.71. The number of unbranched alkanes of at least 4 members (excludes halogenated alkanes) is 26. The molecule has 0 aliphatic rings. The van der Waals surface area contributed by atoms with Crippen LogP contribution in [0.3, 0.4) is 0 Å². The summed E-state index contributed by atoms with van der Waals surface area (Å²) in [5.41, 5.74) is 0. The van der Waals surface area contributed by atoms with Gasteiger partial charge in [0.25, 0.3) is 0 Å². The summed E-state index contributed by atoms with van der Waals surface area (Å²) in [6, 6.07) is 0. The molecule has 0 fully saturated rings. The van der Waals surface area contributed by atoms with Crippen LogP contribution in [-0.2, 0) is 9.30 Å². The van der Waals surface area contributed by atoms with E-state index in [0.29, 0.717) is 0 Å². The van der Waals surface area contributed by atoms with E-state index in [1.54, 1.807) is 0 Å². The average molecular weight is 605 g/mol. The van der Waals surface area contributed by atoms with Gasteiger partial charge in [-0.1, -0.05) is 181 Å². The van der Waals surface area contributed by atoms with Crippen LogP contribution in [-0.4, -0.2) is 79.3 Å². The van der Waals surface area contributed by atoms with Crippen LogP contribution in [0.15, 0.2) is 0 Å². The van der Waals surface area contributed by atoms with Gasteiger partial charge in [-0.25, -0.2) is 4.57 Å². The van der Waals surface area contributed by atoms with Gasteiger partial charge in [-0.2, -0.15) is 0 Å². The molecule has 7 heteroatoms. The van der Waals surface area contributed by atoms with E-state index in [1.807, 2.05) is 0 Å². The van der Waals surface area contributed by atoms with E-state index in [-0.39, 0.29) is 51.4 Å². The molecule has 0 spiro atoms. The third kappa shape index (κ3) is 56.2. The van der Waals surface area contributed by atoms with E-state index in [1.165, 1.54) is 180 Å². The van der Waals surface area contributed by atoms with Crippen LogP contribution in [0, 0.1) is 0 Å². The molecule has 0 saturated heterocycles. The minimum absolute atomic E-state index is 0. The number of ether oxygens (including phenoxy) is 1. The Bertz CT molecular complexity index is 424. The molecule has 0 aromatic rings. The zero-order valence-corrected chi connectivity index (χ0v) is 26.7. The zero-order chi connectivity index (χ0) is 28.4. The van der Waals surface area contributed by atoms with Gasteiger partial charge < -0.3 is 19.4 Å². The van der Waals surface area contributed by atoms with Crippen molar-refractivity contribution in [3.05, 3.63) is 0 Å². The first-order valence-electron chi connectivity index (χ1n) is 16.8. The van der Waals surface area contributed by atoms with E-state index >= 15 is 0 Å². The van der Waals surface area contributed by atoms with Gasteiger partial charge in [-0.15, -0.1) is 0 Å². The molecule has 0 bridgehead atoms. The van der Waals surface area contributed by atoms with Crippen LogP contribution in [0.2, 0.25) is 0 Å². The first kappa shape index (κ1) is 45.1. The summed E-state index contributed by atoms with van der Waals surface area (Å²) < 4.78 is 14.7. The maximum absolute atomic E-state index is 8.88. The molecule has 0 radical (unpaired) electrons. The van der Waals surface area contributed by atoms with Crippen molar-refractivity contribution in [3.8, 4) is 0 Å². The van der Waals surface area contributed by atoms with Gasteiger partial charge in [0.1, 0.15) is 0 Å². The molecule has 0 rings (SSSR count). The van der Waals surface area contributed by atoms with Gasteiger partial charge in [0, 0.05) is 13.2 Å². The second-order valence-corrected chi connectivity index (χ2v) is 12.3. The summed E-state index contributed by atoms with van der Waals surface area (Å²) in [5, 5.41) is 0. The summed E-state index contributed by atoms with van der Waals surface area (Å²) >= 11 is 0. The van der Waals surface area contributed by atoms with Crippen molar-refractivity contribution in [2.45, 2.75) is 194 Å². The molecule has 0 aliphatic carbocycles. The van der Waals surface area contributed by atoms with Crippen molar-refractivity contribution in [2.75, 3.05) is 13.2 Å². The molecule has 0 aliphatic heterocycles. The SMILES string of the molecule is CCCCCCCCCCCCCCCCOCCCCCCCCCCCCCCCC.O=P(O)(O)O.[KH]. The summed E-state index contributed by atoms with van der Waals surface area (Å²) in [4.78, 5) is 21.6. The Labute approximate surface area is 287 Å². The molecule has 0 saturated carbocycles. The summed E-state index contributed by atoms with van der Waals surface area (Å²) in [6.07, 6.45) is 40.1. The van der Waals surface area contributed by atoms with Gasteiger partial charge in [0.05, 0.1) is 0 Å². The third-order valence-corrected chi connectivity index (χ3v) is 7.28. The number of hydrogen-bond acceptors (Lipinski definition) is 2. The van der Waals surface area contributed by atoms with Crippen molar-refractivity contribution in [1.29, 1.82) is 0 Å². The Morgan fingerprint density at radius 2 is 0.538 bits per heavy atom.